The van der Waals surface area contributed by atoms with Crippen LogP contribution in [0.3, 0.4) is 0 Å². The van der Waals surface area contributed by atoms with E-state index in [1.54, 1.807) is 43.5 Å². The normalized spacial score (nSPS) is 16.2. The van der Waals surface area contributed by atoms with Crippen molar-refractivity contribution in [2.75, 3.05) is 11.9 Å². The van der Waals surface area contributed by atoms with E-state index in [0.29, 0.717) is 28.1 Å². The van der Waals surface area contributed by atoms with E-state index in [1.807, 2.05) is 19.9 Å². The molecule has 0 aliphatic carbocycles. The van der Waals surface area contributed by atoms with E-state index in [2.05, 4.69) is 11.1 Å². The fraction of sp³-hybridized carbons (Fsp3) is 0.286. The number of anilines is 1. The third kappa shape index (κ3) is 2.49. The summed E-state index contributed by atoms with van der Waals surface area (Å²) in [5.41, 5.74) is 2.75. The van der Waals surface area contributed by atoms with Crippen molar-refractivity contribution in [2.45, 2.75) is 20.0 Å². The number of carbonyl (C=O) groups excluding carboxylic acids is 1. The molecule has 3 aromatic rings. The van der Waals surface area contributed by atoms with Gasteiger partial charge in [0.1, 0.15) is 5.52 Å². The monoisotopic (exact) mass is 376 g/mol. The number of nitrogens with zero attached hydrogens (tertiary/aromatic N) is 3. The van der Waals surface area contributed by atoms with Crippen LogP contribution in [0.5, 0.6) is 5.75 Å². The second kappa shape index (κ2) is 6.27. The molecule has 0 bridgehead atoms. The van der Waals surface area contributed by atoms with Crippen LogP contribution in [-0.2, 0) is 11.8 Å². The first-order valence-electron chi connectivity index (χ1n) is 9.03. The number of pyridine rings is 1. The van der Waals surface area contributed by atoms with Crippen molar-refractivity contribution < 1.29 is 9.53 Å². The van der Waals surface area contributed by atoms with Gasteiger partial charge in [-0.15, -0.1) is 0 Å². The van der Waals surface area contributed by atoms with Crippen LogP contribution < -0.4 is 15.2 Å². The van der Waals surface area contributed by atoms with E-state index >= 15 is 0 Å². The number of aromatic amines is 1. The highest BCUT2D eigenvalue weighted by atomic mass is 16.5. The molecule has 1 aliphatic rings. The predicted molar refractivity (Wildman–Crippen MR) is 106 cm³/mol. The highest BCUT2D eigenvalue weighted by Crippen LogP contribution is 2.44. The first-order chi connectivity index (χ1) is 13.3. The molecule has 1 aromatic carbocycles. The summed E-state index contributed by atoms with van der Waals surface area (Å²) in [5, 5.41) is 10.3. The van der Waals surface area contributed by atoms with Crippen molar-refractivity contribution in [1.29, 1.82) is 5.26 Å². The molecule has 142 valence electrons. The fourth-order valence-electron chi connectivity index (χ4n) is 3.64. The highest BCUT2D eigenvalue weighted by Gasteiger charge is 2.36. The molecule has 2 aromatic heterocycles. The quantitative estimate of drug-likeness (QED) is 0.744. The number of nitrogens with one attached hydrogen (secondary N) is 1. The van der Waals surface area contributed by atoms with Crippen LogP contribution in [0.1, 0.15) is 19.4 Å². The minimum absolute atomic E-state index is 0.0148. The number of aryl methyl sites for hydroxylation is 1. The van der Waals surface area contributed by atoms with Crippen molar-refractivity contribution in [3.8, 4) is 22.9 Å². The molecule has 1 unspecified atom stereocenters. The Labute approximate surface area is 161 Å². The van der Waals surface area contributed by atoms with Crippen LogP contribution in [0.2, 0.25) is 0 Å². The lowest BCUT2D eigenvalue weighted by Gasteiger charge is -2.35. The first kappa shape index (κ1) is 17.9. The fourth-order valence-corrected chi connectivity index (χ4v) is 3.64. The van der Waals surface area contributed by atoms with Gasteiger partial charge in [-0.2, -0.15) is 5.26 Å². The number of hydrogen-bond acceptors (Lipinski definition) is 4. The van der Waals surface area contributed by atoms with Crippen LogP contribution in [0, 0.1) is 17.2 Å². The molecule has 0 saturated heterocycles. The van der Waals surface area contributed by atoms with Gasteiger partial charge in [-0.25, -0.2) is 0 Å². The van der Waals surface area contributed by atoms with E-state index < -0.39 is 6.10 Å². The van der Waals surface area contributed by atoms with Crippen molar-refractivity contribution in [2.24, 2.45) is 13.0 Å². The highest BCUT2D eigenvalue weighted by molar-refractivity contribution is 6.04. The van der Waals surface area contributed by atoms with Crippen LogP contribution in [0.25, 0.3) is 22.0 Å². The largest absolute Gasteiger partial charge is 0.477 e. The van der Waals surface area contributed by atoms with Crippen molar-refractivity contribution in [3.63, 3.8) is 0 Å². The summed E-state index contributed by atoms with van der Waals surface area (Å²) in [5.74, 6) is 0.385. The molecule has 7 nitrogen and oxygen atoms in total. The Bertz CT molecular complexity index is 1210. The van der Waals surface area contributed by atoms with E-state index in [1.165, 1.54) is 4.57 Å². The molecule has 0 spiro atoms. The second-order valence-electron chi connectivity index (χ2n) is 7.39. The van der Waals surface area contributed by atoms with Gasteiger partial charge in [0.2, 0.25) is 0 Å². The molecule has 1 N–H and O–H groups in total. The zero-order valence-corrected chi connectivity index (χ0v) is 16.1. The summed E-state index contributed by atoms with van der Waals surface area (Å²) in [4.78, 5) is 29.7. The summed E-state index contributed by atoms with van der Waals surface area (Å²) >= 11 is 0. The number of benzene rings is 1. The second-order valence-corrected chi connectivity index (χ2v) is 7.39. The molecule has 7 heteroatoms. The molecular weight excluding hydrogens is 356 g/mol. The van der Waals surface area contributed by atoms with Crippen molar-refractivity contribution >= 4 is 22.5 Å². The first-order valence-corrected chi connectivity index (χ1v) is 9.03. The van der Waals surface area contributed by atoms with Crippen LogP contribution >= 0.6 is 0 Å². The Kier molecular flexibility index (Phi) is 4.00. The van der Waals surface area contributed by atoms with Gasteiger partial charge in [0.05, 0.1) is 17.3 Å². The van der Waals surface area contributed by atoms with Gasteiger partial charge in [-0.05, 0) is 24.1 Å². The van der Waals surface area contributed by atoms with Gasteiger partial charge in [-0.1, -0.05) is 13.8 Å². The topological polar surface area (TPSA) is 91.1 Å². The zero-order valence-electron chi connectivity index (χ0n) is 16.1. The number of nitriles is 1. The SMILES string of the molecule is CC(C)C1Oc2c(-c3cn(C)c(=O)c4[nH]ccc34)cc(C#N)cc2N(C)C1=O. The summed E-state index contributed by atoms with van der Waals surface area (Å²) in [6.45, 7) is 3.86. The minimum Gasteiger partial charge on any atom is -0.477 e. The van der Waals surface area contributed by atoms with Gasteiger partial charge in [0.15, 0.2) is 11.9 Å². The molecule has 0 fully saturated rings. The number of aromatic nitrogens is 2. The summed E-state index contributed by atoms with van der Waals surface area (Å²) in [6.07, 6.45) is 2.83. The van der Waals surface area contributed by atoms with Gasteiger partial charge in [-0.3, -0.25) is 9.59 Å². The van der Waals surface area contributed by atoms with Crippen molar-refractivity contribution in [1.82, 2.24) is 9.55 Å². The van der Waals surface area contributed by atoms with E-state index in [-0.39, 0.29) is 17.4 Å². The number of ether oxygens (including phenoxy) is 1. The van der Waals surface area contributed by atoms with E-state index in [9.17, 15) is 14.9 Å². The Morgan fingerprint density at radius 3 is 2.64 bits per heavy atom. The maximum Gasteiger partial charge on any atom is 0.274 e. The van der Waals surface area contributed by atoms with Gasteiger partial charge in [0.25, 0.3) is 11.5 Å². The van der Waals surface area contributed by atoms with Crippen LogP contribution in [0.15, 0.2) is 35.4 Å². The molecule has 0 radical (unpaired) electrons. The van der Waals surface area contributed by atoms with E-state index in [0.717, 1.165) is 10.9 Å². The Hall–Kier alpha value is -3.53. The molecule has 28 heavy (non-hydrogen) atoms. The molecule has 4 rings (SSSR count). The predicted octanol–water partition coefficient (Wildman–Crippen LogP) is 2.79. The molecule has 3 heterocycles. The van der Waals surface area contributed by atoms with Gasteiger partial charge < -0.3 is 19.2 Å². The van der Waals surface area contributed by atoms with Crippen molar-refractivity contribution in [3.05, 3.63) is 46.5 Å². The lowest BCUT2D eigenvalue weighted by molar-refractivity contribution is -0.127. The number of H-pyrrole nitrogens is 1. The molecule has 1 amide bonds. The maximum atomic E-state index is 12.7. The molecular formula is C21H20N4O3. The lowest BCUT2D eigenvalue weighted by atomic mass is 9.96. The number of likely N-dealkylation sites (N-methyl/N-ethyl adjacent to an activating group) is 1. The number of amides is 1. The van der Waals surface area contributed by atoms with Gasteiger partial charge >= 0.3 is 0 Å². The Morgan fingerprint density at radius 1 is 1.21 bits per heavy atom. The number of fused-ring (bicyclic) bond motifs is 2. The average molecular weight is 376 g/mol. The zero-order chi connectivity index (χ0) is 20.2. The standard InChI is InChI=1S/C21H20N4O3/c1-11(2)18-21(27)25(4)16-8-12(9-22)7-14(19(16)28-18)15-10-24(3)20(26)17-13(15)5-6-23-17/h5-8,10-11,18,23H,1-4H3. The minimum atomic E-state index is -0.613. The summed E-state index contributed by atoms with van der Waals surface area (Å²) in [7, 11) is 3.37. The molecule has 1 aliphatic heterocycles. The lowest BCUT2D eigenvalue weighted by Crippen LogP contribution is -2.46. The maximum absolute atomic E-state index is 12.7. The summed E-state index contributed by atoms with van der Waals surface area (Å²) in [6, 6.07) is 7.38. The third-order valence-corrected chi connectivity index (χ3v) is 5.17. The van der Waals surface area contributed by atoms with Crippen LogP contribution in [-0.4, -0.2) is 28.6 Å². The number of carbonyl (C=O) groups is 1. The summed E-state index contributed by atoms with van der Waals surface area (Å²) < 4.78 is 7.66. The number of hydrogen-bond donors (Lipinski definition) is 1. The Balaban J connectivity index is 2.06. The molecule has 1 atom stereocenters. The number of rotatable bonds is 2. The van der Waals surface area contributed by atoms with Gasteiger partial charge in [0, 0.05) is 43.0 Å². The average Bonchev–Trinajstić information content (AvgIpc) is 3.16. The van der Waals surface area contributed by atoms with E-state index in [4.69, 9.17) is 4.74 Å². The Morgan fingerprint density at radius 2 is 1.96 bits per heavy atom. The van der Waals surface area contributed by atoms with Crippen LogP contribution in [0.4, 0.5) is 5.69 Å². The smallest absolute Gasteiger partial charge is 0.274 e. The molecule has 0 saturated carbocycles. The third-order valence-electron chi connectivity index (χ3n) is 5.17.